The van der Waals surface area contributed by atoms with Gasteiger partial charge in [-0.25, -0.2) is 8.42 Å². The Labute approximate surface area is 231 Å². The quantitative estimate of drug-likeness (QED) is 0.180. The molecule has 0 saturated carbocycles. The minimum Gasteiger partial charge on any atom is -0.871 e. The summed E-state index contributed by atoms with van der Waals surface area (Å²) in [4.78, 5) is 12.0. The molecule has 2 aliphatic rings. The van der Waals surface area contributed by atoms with Crippen LogP contribution < -0.4 is 40.1 Å². The number of halogens is 4. The monoisotopic (exact) mass is 701 g/mol. The van der Waals surface area contributed by atoms with Crippen molar-refractivity contribution in [3.8, 4) is 28.2 Å². The van der Waals surface area contributed by atoms with Crippen molar-refractivity contribution in [1.82, 2.24) is 0 Å². The third kappa shape index (κ3) is 4.33. The van der Waals surface area contributed by atoms with Crippen LogP contribution in [-0.2, 0) is 10.1 Å². The molecule has 0 bridgehead atoms. The van der Waals surface area contributed by atoms with Crippen molar-refractivity contribution in [3.63, 3.8) is 0 Å². The molecule has 1 aliphatic carbocycles. The fourth-order valence-corrected chi connectivity index (χ4v) is 6.25. The minimum atomic E-state index is -4.83. The largest absolute Gasteiger partial charge is 1.00 e. The molecular formula is C19H6Br4NaO6S-. The van der Waals surface area contributed by atoms with Crippen LogP contribution in [0.2, 0.25) is 0 Å². The number of fused-ring (bicyclic) bond motifs is 2. The van der Waals surface area contributed by atoms with E-state index in [1.54, 1.807) is 6.07 Å². The Morgan fingerprint density at radius 1 is 0.903 bits per heavy atom. The van der Waals surface area contributed by atoms with Gasteiger partial charge in [0.1, 0.15) is 20.2 Å². The molecule has 0 unspecified atom stereocenters. The Balaban J connectivity index is 0.00000272. The van der Waals surface area contributed by atoms with E-state index >= 15 is 0 Å². The zero-order valence-corrected chi connectivity index (χ0v) is 24.5. The van der Waals surface area contributed by atoms with Crippen LogP contribution in [0.25, 0.3) is 33.4 Å². The van der Waals surface area contributed by atoms with E-state index in [1.807, 2.05) is 0 Å². The molecule has 6 nitrogen and oxygen atoms in total. The minimum absolute atomic E-state index is 0. The summed E-state index contributed by atoms with van der Waals surface area (Å²) >= 11 is 12.8. The van der Waals surface area contributed by atoms with E-state index in [4.69, 9.17) is 4.42 Å². The van der Waals surface area contributed by atoms with Crippen molar-refractivity contribution in [2.24, 2.45) is 0 Å². The molecule has 0 radical (unpaired) electrons. The molecule has 0 N–H and O–H groups in total. The summed E-state index contributed by atoms with van der Waals surface area (Å²) in [5, 5.41) is 12.8. The summed E-state index contributed by atoms with van der Waals surface area (Å²) in [5.41, 5.74) is 0.523. The molecule has 0 fully saturated rings. The van der Waals surface area contributed by atoms with Crippen molar-refractivity contribution in [2.75, 3.05) is 0 Å². The summed E-state index contributed by atoms with van der Waals surface area (Å²) in [7, 11) is -4.83. The first-order chi connectivity index (χ1) is 14.0. The van der Waals surface area contributed by atoms with Gasteiger partial charge >= 0.3 is 29.6 Å². The first-order valence-corrected chi connectivity index (χ1v) is 12.6. The van der Waals surface area contributed by atoms with Crippen LogP contribution in [0.4, 0.5) is 0 Å². The van der Waals surface area contributed by atoms with Crippen molar-refractivity contribution < 1.29 is 52.1 Å². The zero-order chi connectivity index (χ0) is 22.0. The molecule has 2 aromatic rings. The fraction of sp³-hybridized carbons (Fsp3) is 0. The second kappa shape index (κ2) is 9.19. The molecule has 0 amide bonds. The van der Waals surface area contributed by atoms with Gasteiger partial charge in [-0.15, -0.1) is 0 Å². The molecule has 31 heavy (non-hydrogen) atoms. The van der Waals surface area contributed by atoms with Crippen LogP contribution in [0.5, 0.6) is 5.75 Å². The van der Waals surface area contributed by atoms with E-state index < -0.39 is 26.2 Å². The average Bonchev–Trinajstić information content (AvgIpc) is 2.69. The standard InChI is InChI=1S/C19H8Br4O6S.Na/c20-10-5-8-13(7-3-1-2-4-12(7)30(26,27)28)9-6-11(21)17(25)15(23)19(9)29-18(8)14(22)16(10)24;/h1-6,24H,(H,26,27,28);/q;+1/p-2. The molecule has 0 spiro atoms. The molecule has 0 atom stereocenters. The van der Waals surface area contributed by atoms with Crippen LogP contribution in [0.15, 0.2) is 68.4 Å². The Kier molecular flexibility index (Phi) is 7.52. The Bertz CT molecular complexity index is 1500. The fourth-order valence-electron chi connectivity index (χ4n) is 3.17. The normalized spacial score (nSPS) is 11.6. The molecule has 0 aromatic heterocycles. The summed E-state index contributed by atoms with van der Waals surface area (Å²) < 4.78 is 42.4. The summed E-state index contributed by atoms with van der Waals surface area (Å²) in [6.45, 7) is 0. The van der Waals surface area contributed by atoms with Crippen LogP contribution in [0.1, 0.15) is 0 Å². The third-order valence-corrected chi connectivity index (χ3v) is 7.94. The molecule has 1 aliphatic heterocycles. The number of hydrogen-bond donors (Lipinski definition) is 0. The van der Waals surface area contributed by atoms with Gasteiger partial charge in [0, 0.05) is 26.5 Å². The first-order valence-electron chi connectivity index (χ1n) is 8.01. The maximum absolute atomic E-state index is 12.4. The van der Waals surface area contributed by atoms with Gasteiger partial charge in [-0.2, -0.15) is 0 Å². The Hall–Kier alpha value is -0.240. The van der Waals surface area contributed by atoms with Crippen LogP contribution >= 0.6 is 63.7 Å². The van der Waals surface area contributed by atoms with Gasteiger partial charge in [0.15, 0.2) is 5.76 Å². The smallest absolute Gasteiger partial charge is 0.871 e. The van der Waals surface area contributed by atoms with Gasteiger partial charge < -0.3 is 14.1 Å². The summed E-state index contributed by atoms with van der Waals surface area (Å²) in [6.07, 6.45) is 0. The Morgan fingerprint density at radius 3 is 2.19 bits per heavy atom. The molecule has 4 rings (SSSR count). The Morgan fingerprint density at radius 2 is 1.55 bits per heavy atom. The van der Waals surface area contributed by atoms with Crippen molar-refractivity contribution >= 4 is 84.8 Å². The van der Waals surface area contributed by atoms with E-state index in [0.29, 0.717) is 16.5 Å². The van der Waals surface area contributed by atoms with Gasteiger partial charge in [0.25, 0.3) is 0 Å². The van der Waals surface area contributed by atoms with Crippen molar-refractivity contribution in [1.29, 1.82) is 0 Å². The third-order valence-electron chi connectivity index (χ3n) is 4.43. The zero-order valence-electron chi connectivity index (χ0n) is 15.3. The van der Waals surface area contributed by atoms with E-state index in [1.165, 1.54) is 30.3 Å². The molecule has 1 heterocycles. The topological polar surface area (TPSA) is 110 Å². The van der Waals surface area contributed by atoms with Gasteiger partial charge in [-0.05, 0) is 66.0 Å². The molecular weight excluding hydrogens is 699 g/mol. The summed E-state index contributed by atoms with van der Waals surface area (Å²) in [5.74, 6) is -0.289. The number of benzene rings is 3. The van der Waals surface area contributed by atoms with Gasteiger partial charge in [-0.1, -0.05) is 39.9 Å². The van der Waals surface area contributed by atoms with Gasteiger partial charge in [0.05, 0.1) is 13.8 Å². The van der Waals surface area contributed by atoms with Crippen LogP contribution in [0.3, 0.4) is 0 Å². The number of hydrogen-bond acceptors (Lipinski definition) is 6. The van der Waals surface area contributed by atoms with Gasteiger partial charge in [0.2, 0.25) is 5.43 Å². The predicted molar refractivity (Wildman–Crippen MR) is 123 cm³/mol. The van der Waals surface area contributed by atoms with Crippen LogP contribution in [0, 0.1) is 0 Å². The van der Waals surface area contributed by atoms with E-state index in [9.17, 15) is 22.9 Å². The van der Waals surface area contributed by atoms with Crippen LogP contribution in [-0.4, -0.2) is 13.0 Å². The molecule has 0 saturated heterocycles. The van der Waals surface area contributed by atoms with E-state index in [2.05, 4.69) is 63.7 Å². The molecule has 154 valence electrons. The number of rotatable bonds is 2. The summed E-state index contributed by atoms with van der Waals surface area (Å²) in [6, 6.07) is 8.69. The van der Waals surface area contributed by atoms with E-state index in [0.717, 1.165) is 0 Å². The molecule has 12 heteroatoms. The maximum atomic E-state index is 12.4. The first kappa shape index (κ1) is 25.4. The molecule has 2 aromatic carbocycles. The second-order valence-corrected chi connectivity index (χ2v) is 10.8. The predicted octanol–water partition coefficient (Wildman–Crippen LogP) is 2.60. The van der Waals surface area contributed by atoms with Gasteiger partial charge in [-0.3, -0.25) is 4.79 Å². The second-order valence-electron chi connectivity index (χ2n) is 6.18. The van der Waals surface area contributed by atoms with Crippen molar-refractivity contribution in [3.05, 3.63) is 64.5 Å². The van der Waals surface area contributed by atoms with E-state index in [-0.39, 0.29) is 64.4 Å². The average molecular weight is 705 g/mol. The maximum Gasteiger partial charge on any atom is 1.00 e. The van der Waals surface area contributed by atoms with Crippen molar-refractivity contribution in [2.45, 2.75) is 4.90 Å². The SMILES string of the molecule is O=c1c(Br)cc2c(-c3ccccc3S(=O)(=O)[O-])c3cc(Br)c([O-])c(Br)c3oc-2c1Br.[Na+].